The molecule has 0 amide bonds. The van der Waals surface area contributed by atoms with Gasteiger partial charge in [-0.1, -0.05) is 369 Å². The van der Waals surface area contributed by atoms with Crippen molar-refractivity contribution in [1.29, 1.82) is 0 Å². The number of phosphoric acid groups is 1. The number of allylic oxidation sites excluding steroid dienone is 30. The summed E-state index contributed by atoms with van der Waals surface area (Å²) in [5, 5.41) is 0. The molecule has 0 spiro atoms. The quantitative estimate of drug-likeness (QED) is 0.0264. The minimum atomic E-state index is -4.41. The Balaban J connectivity index is 3.88. The van der Waals surface area contributed by atoms with Crippen LogP contribution in [-0.2, 0) is 32.7 Å². The predicted octanol–water partition coefficient (Wildman–Crippen LogP) is 27.4. The second-order valence-corrected chi connectivity index (χ2v) is 27.6. The second-order valence-electron chi connectivity index (χ2n) is 26.2. The summed E-state index contributed by atoms with van der Waals surface area (Å²) in [5.41, 5.74) is 5.41. The standard InChI is InChI=1S/C89H148NO8P/c1-3-5-7-9-11-13-15-17-19-21-23-25-27-29-31-33-35-37-39-41-42-43-44-46-47-49-51-53-55-57-59-61-63-65-67-69-71-73-75-77-79-81-88(91)95-85-87(86-97-99(93,94)96-84-83-90)98-89(92)82-80-78-76-74-72-70-68-66-64-62-60-58-56-54-52-50-48-45-40-38-36-34-32-30-28-26-24-22-20-18-16-14-12-10-8-6-4-2/h5-8,11-14,17-20,23-26,29-32,36,38,45,48,52,54,58,60,64,66,87H,3-4,9-10,15-16,21-22,27-28,33-35,37,39-44,46-47,49-51,53,55-57,59,61-63,65,67-86,90H2,1-2H3,(H,93,94)/b7-5-,8-6-,13-11-,14-12-,19-17-,20-18-,25-23-,26-24-,31-29-,32-30-,38-36-,48-45-,54-52-,60-58-,66-64-. The maximum absolute atomic E-state index is 12.8. The Morgan fingerprint density at radius 2 is 0.525 bits per heavy atom. The normalized spacial score (nSPS) is 13.9. The van der Waals surface area contributed by atoms with Crippen molar-refractivity contribution >= 4 is 19.8 Å². The molecule has 0 aromatic carbocycles. The van der Waals surface area contributed by atoms with Gasteiger partial charge in [0, 0.05) is 19.4 Å². The van der Waals surface area contributed by atoms with E-state index in [2.05, 4.69) is 196 Å². The minimum absolute atomic E-state index is 0.0440. The average molecular weight is 1390 g/mol. The number of carbonyl (C=O) groups excluding carboxylic acids is 2. The monoisotopic (exact) mass is 1390 g/mol. The van der Waals surface area contributed by atoms with E-state index >= 15 is 0 Å². The summed E-state index contributed by atoms with van der Waals surface area (Å²) in [6, 6.07) is 0. The Kier molecular flexibility index (Phi) is 78.0. The molecule has 2 atom stereocenters. The average Bonchev–Trinajstić information content (AvgIpc) is 1.64. The fourth-order valence-corrected chi connectivity index (χ4v) is 11.7. The van der Waals surface area contributed by atoms with Gasteiger partial charge in [-0.05, 0) is 135 Å². The number of rotatable bonds is 74. The highest BCUT2D eigenvalue weighted by molar-refractivity contribution is 7.47. The van der Waals surface area contributed by atoms with Crippen LogP contribution >= 0.6 is 7.82 Å². The number of carbonyl (C=O) groups is 2. The Hall–Kier alpha value is -4.89. The van der Waals surface area contributed by atoms with Gasteiger partial charge in [0.25, 0.3) is 0 Å². The third-order valence-corrected chi connectivity index (χ3v) is 17.8. The first-order chi connectivity index (χ1) is 48.8. The molecular formula is C89H148NO8P. The van der Waals surface area contributed by atoms with E-state index in [0.29, 0.717) is 6.42 Å². The number of nitrogens with two attached hydrogens (primary N) is 1. The first kappa shape index (κ1) is 94.1. The molecule has 3 N–H and O–H groups in total. The van der Waals surface area contributed by atoms with Crippen molar-refractivity contribution in [2.75, 3.05) is 26.4 Å². The van der Waals surface area contributed by atoms with Crippen LogP contribution in [0.1, 0.15) is 335 Å². The maximum Gasteiger partial charge on any atom is 0.472 e. The SMILES string of the molecule is CC/C=C\C/C=C\C/C=C\C/C=C\C/C=C\C/C=C\C/C=C\C/C=C\C/C=C\C/C=C\CCCCCCCCC(=O)OC(COC(=O)CCCCCCCCCCCCCCCCCCCCCCCCCCC/C=C\C/C=C\C/C=C\C/C=C\C/C=C\CC)COP(=O)(O)OCCN. The molecule has 0 saturated carbocycles. The van der Waals surface area contributed by atoms with E-state index in [0.717, 1.165) is 154 Å². The first-order valence-electron chi connectivity index (χ1n) is 40.3. The van der Waals surface area contributed by atoms with Crippen molar-refractivity contribution in [3.8, 4) is 0 Å². The van der Waals surface area contributed by atoms with E-state index in [1.54, 1.807) is 0 Å². The maximum atomic E-state index is 12.8. The van der Waals surface area contributed by atoms with Gasteiger partial charge in [-0.25, -0.2) is 4.57 Å². The minimum Gasteiger partial charge on any atom is -0.462 e. The molecule has 99 heavy (non-hydrogen) atoms. The van der Waals surface area contributed by atoms with Crippen LogP contribution < -0.4 is 5.73 Å². The highest BCUT2D eigenvalue weighted by Gasteiger charge is 2.26. The zero-order valence-corrected chi connectivity index (χ0v) is 64.3. The summed E-state index contributed by atoms with van der Waals surface area (Å²) >= 11 is 0. The largest absolute Gasteiger partial charge is 0.472 e. The van der Waals surface area contributed by atoms with Gasteiger partial charge in [0.15, 0.2) is 6.10 Å². The summed E-state index contributed by atoms with van der Waals surface area (Å²) in [6.07, 6.45) is 123. The summed E-state index contributed by atoms with van der Waals surface area (Å²) < 4.78 is 33.3. The molecule has 9 nitrogen and oxygen atoms in total. The van der Waals surface area contributed by atoms with Gasteiger partial charge in [0.2, 0.25) is 0 Å². The fourth-order valence-electron chi connectivity index (χ4n) is 10.9. The molecule has 0 aliphatic carbocycles. The van der Waals surface area contributed by atoms with Crippen LogP contribution in [-0.4, -0.2) is 49.3 Å². The van der Waals surface area contributed by atoms with E-state index in [-0.39, 0.29) is 38.6 Å². The van der Waals surface area contributed by atoms with Gasteiger partial charge >= 0.3 is 19.8 Å². The molecule has 0 heterocycles. The lowest BCUT2D eigenvalue weighted by Gasteiger charge is -2.19. The van der Waals surface area contributed by atoms with E-state index in [9.17, 15) is 19.0 Å². The highest BCUT2D eigenvalue weighted by Crippen LogP contribution is 2.43. The Morgan fingerprint density at radius 1 is 0.303 bits per heavy atom. The molecule has 0 aromatic rings. The topological polar surface area (TPSA) is 134 Å². The second kappa shape index (κ2) is 82.1. The number of phosphoric ester groups is 1. The molecule has 0 aromatic heterocycles. The van der Waals surface area contributed by atoms with Crippen molar-refractivity contribution < 1.29 is 37.6 Å². The smallest absolute Gasteiger partial charge is 0.462 e. The number of esters is 2. The number of unbranched alkanes of at least 4 members (excludes halogenated alkanes) is 31. The van der Waals surface area contributed by atoms with Gasteiger partial charge < -0.3 is 20.1 Å². The van der Waals surface area contributed by atoms with Crippen LogP contribution in [0.25, 0.3) is 0 Å². The molecule has 0 aliphatic heterocycles. The fraction of sp³-hybridized carbons (Fsp3) is 0.640. The molecule has 0 saturated heterocycles. The zero-order valence-electron chi connectivity index (χ0n) is 63.4. The van der Waals surface area contributed by atoms with Crippen molar-refractivity contribution in [1.82, 2.24) is 0 Å². The molecule has 2 unspecified atom stereocenters. The summed E-state index contributed by atoms with van der Waals surface area (Å²) in [6.45, 7) is 3.51. The molecule has 0 aliphatic rings. The van der Waals surface area contributed by atoms with Crippen LogP contribution in [0, 0.1) is 0 Å². The molecule has 0 radical (unpaired) electrons. The third-order valence-electron chi connectivity index (χ3n) is 16.8. The molecule has 0 rings (SSSR count). The van der Waals surface area contributed by atoms with Crippen molar-refractivity contribution in [3.05, 3.63) is 182 Å². The van der Waals surface area contributed by atoms with E-state index < -0.39 is 26.5 Å². The molecule has 0 bridgehead atoms. The van der Waals surface area contributed by atoms with Crippen LogP contribution in [0.15, 0.2) is 182 Å². The molecule has 0 fully saturated rings. The lowest BCUT2D eigenvalue weighted by molar-refractivity contribution is -0.161. The summed E-state index contributed by atoms with van der Waals surface area (Å²) in [4.78, 5) is 35.5. The lowest BCUT2D eigenvalue weighted by atomic mass is 10.0. The highest BCUT2D eigenvalue weighted by atomic mass is 31.2. The van der Waals surface area contributed by atoms with Gasteiger partial charge in [0.05, 0.1) is 13.2 Å². The van der Waals surface area contributed by atoms with Gasteiger partial charge in [-0.2, -0.15) is 0 Å². The molecular weight excluding hydrogens is 1240 g/mol. The Bertz CT molecular complexity index is 2290. The first-order valence-corrected chi connectivity index (χ1v) is 41.8. The van der Waals surface area contributed by atoms with Crippen molar-refractivity contribution in [3.63, 3.8) is 0 Å². The predicted molar refractivity (Wildman–Crippen MR) is 431 cm³/mol. The number of ether oxygens (including phenoxy) is 2. The van der Waals surface area contributed by atoms with E-state index in [4.69, 9.17) is 24.3 Å². The van der Waals surface area contributed by atoms with Crippen LogP contribution in [0.4, 0.5) is 0 Å². The molecule has 10 heteroatoms. The van der Waals surface area contributed by atoms with E-state index in [1.165, 1.54) is 148 Å². The zero-order chi connectivity index (χ0) is 71.5. The van der Waals surface area contributed by atoms with Crippen molar-refractivity contribution in [2.24, 2.45) is 5.73 Å². The molecule has 562 valence electrons. The van der Waals surface area contributed by atoms with Gasteiger partial charge in [-0.15, -0.1) is 0 Å². The Morgan fingerprint density at radius 3 is 0.778 bits per heavy atom. The lowest BCUT2D eigenvalue weighted by Crippen LogP contribution is -2.29. The van der Waals surface area contributed by atoms with Gasteiger partial charge in [-0.3, -0.25) is 18.6 Å². The van der Waals surface area contributed by atoms with Crippen LogP contribution in [0.5, 0.6) is 0 Å². The Labute approximate surface area is 609 Å². The van der Waals surface area contributed by atoms with E-state index in [1.807, 2.05) is 0 Å². The summed E-state index contributed by atoms with van der Waals surface area (Å²) in [7, 11) is -4.41. The third kappa shape index (κ3) is 82.0. The van der Waals surface area contributed by atoms with Crippen LogP contribution in [0.2, 0.25) is 0 Å². The number of hydrogen-bond acceptors (Lipinski definition) is 8. The summed E-state index contributed by atoms with van der Waals surface area (Å²) in [5.74, 6) is -0.843. The van der Waals surface area contributed by atoms with Gasteiger partial charge in [0.1, 0.15) is 6.61 Å². The van der Waals surface area contributed by atoms with Crippen LogP contribution in [0.3, 0.4) is 0 Å². The number of hydrogen-bond donors (Lipinski definition) is 2. The van der Waals surface area contributed by atoms with Crippen molar-refractivity contribution in [2.45, 2.75) is 341 Å².